The van der Waals surface area contributed by atoms with Crippen LogP contribution in [-0.2, 0) is 25.6 Å². The van der Waals surface area contributed by atoms with E-state index in [1.807, 2.05) is 36.4 Å². The normalized spacial score (nSPS) is 20.4. The zero-order chi connectivity index (χ0) is 18.3. The van der Waals surface area contributed by atoms with E-state index in [1.54, 1.807) is 4.90 Å². The maximum absolute atomic E-state index is 12.6. The Morgan fingerprint density at radius 1 is 1.28 bits per heavy atom. The molecule has 2 atom stereocenters. The lowest BCUT2D eigenvalue weighted by Gasteiger charge is -2.29. The third-order valence-corrected chi connectivity index (χ3v) is 4.78. The van der Waals surface area contributed by atoms with Crippen molar-refractivity contribution >= 4 is 16.2 Å². The highest BCUT2D eigenvalue weighted by Gasteiger charge is 2.38. The van der Waals surface area contributed by atoms with E-state index in [2.05, 4.69) is 6.58 Å². The summed E-state index contributed by atoms with van der Waals surface area (Å²) in [4.78, 5) is 14.2. The Morgan fingerprint density at radius 2 is 1.96 bits per heavy atom. The first kappa shape index (κ1) is 19.5. The fraction of sp³-hybridized carbons (Fsp3) is 0.500. The Hall–Kier alpha value is -1.86. The molecule has 0 saturated carbocycles. The van der Waals surface area contributed by atoms with Crippen molar-refractivity contribution in [1.29, 1.82) is 0 Å². The molecule has 6 nitrogen and oxygen atoms in total. The van der Waals surface area contributed by atoms with E-state index in [9.17, 15) is 13.2 Å². The molecular weight excluding hydrogens is 342 g/mol. The van der Waals surface area contributed by atoms with E-state index >= 15 is 0 Å². The second-order valence-electron chi connectivity index (χ2n) is 6.19. The van der Waals surface area contributed by atoms with Crippen molar-refractivity contribution in [2.45, 2.75) is 44.4 Å². The van der Waals surface area contributed by atoms with Crippen LogP contribution in [0.4, 0.5) is 4.79 Å². The molecule has 25 heavy (non-hydrogen) atoms. The number of carbonyl (C=O) groups excluding carboxylic acids is 1. The number of nitrogens with zero attached hydrogens (tertiary/aromatic N) is 1. The Labute approximate surface area is 149 Å². The summed E-state index contributed by atoms with van der Waals surface area (Å²) in [6.07, 6.45) is 5.44. The van der Waals surface area contributed by atoms with E-state index in [-0.39, 0.29) is 25.3 Å². The minimum atomic E-state index is -3.55. The average Bonchev–Trinajstić information content (AvgIpc) is 2.99. The molecule has 1 aliphatic rings. The highest BCUT2D eigenvalue weighted by Crippen LogP contribution is 2.29. The second-order valence-corrected chi connectivity index (χ2v) is 7.83. The van der Waals surface area contributed by atoms with Crippen LogP contribution in [0.1, 0.15) is 31.2 Å². The molecule has 1 heterocycles. The molecule has 1 amide bonds. The number of hydrogen-bond acceptors (Lipinski definition) is 5. The molecule has 138 valence electrons. The molecule has 0 aromatic heterocycles. The predicted octanol–water partition coefficient (Wildman–Crippen LogP) is 3.10. The summed E-state index contributed by atoms with van der Waals surface area (Å²) in [5.41, 5.74) is 0.904. The molecule has 0 N–H and O–H groups in total. The van der Waals surface area contributed by atoms with Gasteiger partial charge in [-0.25, -0.2) is 4.79 Å². The average molecular weight is 367 g/mol. The first-order chi connectivity index (χ1) is 11.9. The number of likely N-dealkylation sites (tertiary alicyclic amines) is 1. The molecule has 1 aromatic rings. The number of benzene rings is 1. The summed E-state index contributed by atoms with van der Waals surface area (Å²) in [5, 5.41) is 0. The predicted molar refractivity (Wildman–Crippen MR) is 95.5 cm³/mol. The van der Waals surface area contributed by atoms with Gasteiger partial charge >= 0.3 is 6.09 Å². The van der Waals surface area contributed by atoms with Crippen LogP contribution in [0, 0.1) is 0 Å². The van der Waals surface area contributed by atoms with Crippen molar-refractivity contribution in [3.63, 3.8) is 0 Å². The standard InChI is InChI=1S/C18H25NO5S/c1-3-4-10-16-11-12-17(14-24-25(2,21)22)19(16)18(20)23-13-15-8-6-5-7-9-15/h3,5-9,16-17H,1,4,10-14H2,2H3/t16-,17-/m1/s1. The summed E-state index contributed by atoms with van der Waals surface area (Å²) in [5.74, 6) is 0. The maximum Gasteiger partial charge on any atom is 0.410 e. The van der Waals surface area contributed by atoms with Crippen LogP contribution in [0.2, 0.25) is 0 Å². The van der Waals surface area contributed by atoms with Gasteiger partial charge in [-0.2, -0.15) is 8.42 Å². The number of ether oxygens (including phenoxy) is 1. The van der Waals surface area contributed by atoms with Gasteiger partial charge < -0.3 is 4.74 Å². The van der Waals surface area contributed by atoms with Crippen molar-refractivity contribution in [3.05, 3.63) is 48.6 Å². The Balaban J connectivity index is 2.02. The molecule has 0 unspecified atom stereocenters. The van der Waals surface area contributed by atoms with E-state index in [0.717, 1.165) is 31.1 Å². The fourth-order valence-corrected chi connectivity index (χ4v) is 3.42. The third kappa shape index (κ3) is 6.17. The SMILES string of the molecule is C=CCC[C@@H]1CC[C@H](COS(C)(=O)=O)N1C(=O)OCc1ccccc1. The van der Waals surface area contributed by atoms with E-state index in [1.165, 1.54) is 0 Å². The fourth-order valence-electron chi connectivity index (χ4n) is 3.01. The van der Waals surface area contributed by atoms with Gasteiger partial charge in [-0.3, -0.25) is 9.08 Å². The van der Waals surface area contributed by atoms with Gasteiger partial charge in [-0.1, -0.05) is 36.4 Å². The zero-order valence-corrected chi connectivity index (χ0v) is 15.3. The van der Waals surface area contributed by atoms with Gasteiger partial charge in [0.2, 0.25) is 0 Å². The summed E-state index contributed by atoms with van der Waals surface area (Å²) < 4.78 is 32.9. The highest BCUT2D eigenvalue weighted by molar-refractivity contribution is 7.85. The minimum absolute atomic E-state index is 0.00873. The maximum atomic E-state index is 12.6. The quantitative estimate of drug-likeness (QED) is 0.521. The Morgan fingerprint density at radius 3 is 2.60 bits per heavy atom. The van der Waals surface area contributed by atoms with Crippen molar-refractivity contribution in [2.75, 3.05) is 12.9 Å². The summed E-state index contributed by atoms with van der Waals surface area (Å²) in [6.45, 7) is 3.86. The molecule has 1 saturated heterocycles. The Kier molecular flexibility index (Phi) is 7.01. The lowest BCUT2D eigenvalue weighted by atomic mass is 10.1. The van der Waals surface area contributed by atoms with Crippen LogP contribution in [0.15, 0.2) is 43.0 Å². The van der Waals surface area contributed by atoms with Crippen LogP contribution >= 0.6 is 0 Å². The van der Waals surface area contributed by atoms with Crippen molar-refractivity contribution in [1.82, 2.24) is 4.90 Å². The first-order valence-corrected chi connectivity index (χ1v) is 10.2. The highest BCUT2D eigenvalue weighted by atomic mass is 32.2. The molecule has 0 aliphatic carbocycles. The van der Waals surface area contributed by atoms with E-state index in [4.69, 9.17) is 8.92 Å². The topological polar surface area (TPSA) is 72.9 Å². The van der Waals surface area contributed by atoms with Crippen LogP contribution in [0.25, 0.3) is 0 Å². The van der Waals surface area contributed by atoms with Crippen LogP contribution in [0.5, 0.6) is 0 Å². The van der Waals surface area contributed by atoms with Crippen LogP contribution in [-0.4, -0.2) is 44.4 Å². The van der Waals surface area contributed by atoms with Crippen molar-refractivity contribution in [2.24, 2.45) is 0 Å². The van der Waals surface area contributed by atoms with Gasteiger partial charge in [-0.05, 0) is 31.2 Å². The number of allylic oxidation sites excluding steroid dienone is 1. The summed E-state index contributed by atoms with van der Waals surface area (Å²) in [6, 6.07) is 9.15. The lowest BCUT2D eigenvalue weighted by Crippen LogP contribution is -2.43. The smallest absolute Gasteiger partial charge is 0.410 e. The summed E-state index contributed by atoms with van der Waals surface area (Å²) >= 11 is 0. The molecule has 1 aliphatic heterocycles. The van der Waals surface area contributed by atoms with Gasteiger partial charge in [0.05, 0.1) is 18.9 Å². The Bertz CT molecular complexity index is 674. The van der Waals surface area contributed by atoms with Crippen LogP contribution in [0.3, 0.4) is 0 Å². The number of hydrogen-bond donors (Lipinski definition) is 0. The van der Waals surface area contributed by atoms with Gasteiger partial charge in [0.1, 0.15) is 6.61 Å². The molecule has 2 rings (SSSR count). The van der Waals surface area contributed by atoms with Gasteiger partial charge in [-0.15, -0.1) is 6.58 Å². The van der Waals surface area contributed by atoms with Gasteiger partial charge in [0.15, 0.2) is 0 Å². The zero-order valence-electron chi connectivity index (χ0n) is 14.5. The van der Waals surface area contributed by atoms with E-state index < -0.39 is 16.2 Å². The molecular formula is C18H25NO5S. The molecule has 0 bridgehead atoms. The number of rotatable bonds is 8. The summed E-state index contributed by atoms with van der Waals surface area (Å²) in [7, 11) is -3.55. The molecule has 0 radical (unpaired) electrons. The number of amides is 1. The molecule has 7 heteroatoms. The van der Waals surface area contributed by atoms with Crippen molar-refractivity contribution < 1.29 is 22.1 Å². The molecule has 1 aromatic carbocycles. The molecule has 0 spiro atoms. The number of carbonyl (C=O) groups is 1. The largest absolute Gasteiger partial charge is 0.445 e. The lowest BCUT2D eigenvalue weighted by molar-refractivity contribution is 0.0673. The van der Waals surface area contributed by atoms with Crippen LogP contribution < -0.4 is 0 Å². The van der Waals surface area contributed by atoms with E-state index in [0.29, 0.717) is 6.42 Å². The minimum Gasteiger partial charge on any atom is -0.445 e. The first-order valence-electron chi connectivity index (χ1n) is 8.35. The monoisotopic (exact) mass is 367 g/mol. The van der Waals surface area contributed by atoms with Gasteiger partial charge in [0, 0.05) is 6.04 Å². The van der Waals surface area contributed by atoms with Gasteiger partial charge in [0.25, 0.3) is 10.1 Å². The molecule has 1 fully saturated rings. The third-order valence-electron chi connectivity index (χ3n) is 4.21. The second kappa shape index (κ2) is 9.01. The van der Waals surface area contributed by atoms with Crippen molar-refractivity contribution in [3.8, 4) is 0 Å².